The molecule has 1 N–H and O–H groups in total. The van der Waals surface area contributed by atoms with Crippen molar-refractivity contribution < 1.29 is 37.8 Å². The van der Waals surface area contributed by atoms with Gasteiger partial charge in [-0.2, -0.15) is 0 Å². The van der Waals surface area contributed by atoms with Crippen LogP contribution in [0.25, 0.3) is 0 Å². The highest BCUT2D eigenvalue weighted by Gasteiger charge is 2.36. The van der Waals surface area contributed by atoms with Crippen molar-refractivity contribution in [1.29, 1.82) is 0 Å². The first kappa shape index (κ1) is 27.7. The maximum atomic E-state index is 12.8. The van der Waals surface area contributed by atoms with Crippen molar-refractivity contribution in [3.8, 4) is 0 Å². The molecule has 0 fully saturated rings. The van der Waals surface area contributed by atoms with Crippen molar-refractivity contribution >= 4 is 19.5 Å². The smallest absolute Gasteiger partial charge is 0.339 e. The number of methoxy groups -OCH3 is 1. The first-order valence-corrected chi connectivity index (χ1v) is 10.4. The van der Waals surface area contributed by atoms with Crippen molar-refractivity contribution in [1.82, 2.24) is 0 Å². The van der Waals surface area contributed by atoms with Crippen LogP contribution >= 0.6 is 7.60 Å². The highest BCUT2D eigenvalue weighted by Crippen LogP contribution is 2.53. The zero-order chi connectivity index (χ0) is 21.1. The number of carbonyl (C=O) groups excluding carboxylic acids is 2. The maximum absolute atomic E-state index is 12.8. The Labute approximate surface area is 162 Å². The minimum atomic E-state index is -3.52. The lowest BCUT2D eigenvalue weighted by Crippen LogP contribution is -2.25. The highest BCUT2D eigenvalue weighted by atomic mass is 31.2. The van der Waals surface area contributed by atoms with E-state index < -0.39 is 31.8 Å². The molecule has 0 aliphatic carbocycles. The zero-order valence-corrected chi connectivity index (χ0v) is 17.4. The Morgan fingerprint density at radius 3 is 1.81 bits per heavy atom. The Morgan fingerprint density at radius 2 is 1.52 bits per heavy atom. The number of unbranched alkanes of at least 4 members (excludes halogenated alkanes) is 2. The van der Waals surface area contributed by atoms with Gasteiger partial charge in [0, 0.05) is 12.2 Å². The predicted octanol–water partition coefficient (Wildman–Crippen LogP) is 3.25. The number of rotatable bonds is 14. The molecule has 0 bridgehead atoms. The topological polar surface area (TPSA) is 108 Å². The summed E-state index contributed by atoms with van der Waals surface area (Å²) in [6.07, 6.45) is 5.39. The van der Waals surface area contributed by atoms with Gasteiger partial charge in [-0.25, -0.2) is 9.59 Å². The molecule has 0 aliphatic heterocycles. The van der Waals surface area contributed by atoms with Crippen LogP contribution in [-0.4, -0.2) is 56.2 Å². The van der Waals surface area contributed by atoms with Gasteiger partial charge in [-0.1, -0.05) is 39.8 Å². The SMILES string of the molecule is C=CC(=O)OC.C=CC(=O)OCC(CO)P(=O)(OCCCC)OCCCC. The normalized spacial score (nSPS) is 11.6. The van der Waals surface area contributed by atoms with E-state index in [9.17, 15) is 19.3 Å². The summed E-state index contributed by atoms with van der Waals surface area (Å²) in [6, 6.07) is 0. The van der Waals surface area contributed by atoms with E-state index >= 15 is 0 Å². The van der Waals surface area contributed by atoms with Crippen molar-refractivity contribution in [3.05, 3.63) is 25.3 Å². The van der Waals surface area contributed by atoms with Crippen molar-refractivity contribution in [2.24, 2.45) is 0 Å². The number of hydrogen-bond acceptors (Lipinski definition) is 8. The minimum Gasteiger partial charge on any atom is -0.466 e. The molecule has 0 aromatic rings. The van der Waals surface area contributed by atoms with Crippen LogP contribution in [0.15, 0.2) is 25.3 Å². The molecular formula is C18H33O8P. The molecule has 0 amide bonds. The summed E-state index contributed by atoms with van der Waals surface area (Å²) in [5.74, 6) is -1.03. The molecule has 0 aromatic heterocycles. The number of hydrogen-bond donors (Lipinski definition) is 1. The molecule has 0 saturated heterocycles. The summed E-state index contributed by atoms with van der Waals surface area (Å²) in [4.78, 5) is 20.9. The van der Waals surface area contributed by atoms with Gasteiger partial charge in [0.05, 0.1) is 26.9 Å². The third-order valence-corrected chi connectivity index (χ3v) is 5.44. The first-order chi connectivity index (χ1) is 12.8. The lowest BCUT2D eigenvalue weighted by molar-refractivity contribution is -0.138. The predicted molar refractivity (Wildman–Crippen MR) is 104 cm³/mol. The lowest BCUT2D eigenvalue weighted by Gasteiger charge is -2.25. The van der Waals surface area contributed by atoms with E-state index in [2.05, 4.69) is 17.9 Å². The Balaban J connectivity index is 0. The van der Waals surface area contributed by atoms with E-state index in [-0.39, 0.29) is 19.8 Å². The second-order valence-electron chi connectivity index (χ2n) is 5.31. The molecule has 0 radical (unpaired) electrons. The fraction of sp³-hybridized carbons (Fsp3) is 0.667. The van der Waals surface area contributed by atoms with Crippen molar-refractivity contribution in [3.63, 3.8) is 0 Å². The summed E-state index contributed by atoms with van der Waals surface area (Å²) < 4.78 is 32.6. The monoisotopic (exact) mass is 408 g/mol. The number of carbonyl (C=O) groups is 2. The number of ether oxygens (including phenoxy) is 2. The quantitative estimate of drug-likeness (QED) is 0.202. The molecule has 0 aromatic carbocycles. The van der Waals surface area contributed by atoms with Crippen LogP contribution in [0.4, 0.5) is 0 Å². The van der Waals surface area contributed by atoms with Gasteiger partial charge < -0.3 is 23.6 Å². The van der Waals surface area contributed by atoms with Crippen molar-refractivity contribution in [2.45, 2.75) is 45.2 Å². The Hall–Kier alpha value is -1.47. The maximum Gasteiger partial charge on any atom is 0.339 e. The van der Waals surface area contributed by atoms with Gasteiger partial charge in [0.1, 0.15) is 12.3 Å². The third-order valence-electron chi connectivity index (χ3n) is 3.15. The summed E-state index contributed by atoms with van der Waals surface area (Å²) in [6.45, 7) is 10.3. The van der Waals surface area contributed by atoms with E-state index in [4.69, 9.17) is 13.8 Å². The molecule has 0 rings (SSSR count). The summed E-state index contributed by atoms with van der Waals surface area (Å²) in [5, 5.41) is 9.41. The number of aliphatic hydroxyl groups is 1. The fourth-order valence-electron chi connectivity index (χ4n) is 1.48. The molecule has 1 unspecified atom stereocenters. The minimum absolute atomic E-state index is 0.225. The molecule has 1 atom stereocenters. The molecule has 0 aliphatic rings. The van der Waals surface area contributed by atoms with E-state index in [1.165, 1.54) is 7.11 Å². The van der Waals surface area contributed by atoms with Gasteiger partial charge >= 0.3 is 19.5 Å². The largest absolute Gasteiger partial charge is 0.466 e. The van der Waals surface area contributed by atoms with Crippen LogP contribution in [0.5, 0.6) is 0 Å². The highest BCUT2D eigenvalue weighted by molar-refractivity contribution is 7.54. The van der Waals surface area contributed by atoms with E-state index in [0.717, 1.165) is 37.8 Å². The molecule has 0 heterocycles. The van der Waals surface area contributed by atoms with Gasteiger partial charge in [-0.05, 0) is 12.8 Å². The summed E-state index contributed by atoms with van der Waals surface area (Å²) in [5.41, 5.74) is -0.880. The Bertz CT molecular complexity index is 464. The average Bonchev–Trinajstić information content (AvgIpc) is 2.68. The number of esters is 2. The molecule has 9 heteroatoms. The van der Waals surface area contributed by atoms with Crippen LogP contribution in [0.1, 0.15) is 39.5 Å². The standard InChI is InChI=1S/C14H27O6P.C4H6O2/c1-4-7-9-19-21(17,20-10-8-5-2)13(11-15)12-18-14(16)6-3;1-3-4(5)6-2/h6,13,15H,3-5,7-12H2,1-2H3;3H,1H2,2H3. The summed E-state index contributed by atoms with van der Waals surface area (Å²) in [7, 11) is -2.21. The first-order valence-electron chi connectivity index (χ1n) is 8.84. The van der Waals surface area contributed by atoms with Gasteiger partial charge in [0.15, 0.2) is 0 Å². The Kier molecular flexibility index (Phi) is 18.4. The van der Waals surface area contributed by atoms with Crippen LogP contribution in [0, 0.1) is 0 Å². The molecule has 27 heavy (non-hydrogen) atoms. The van der Waals surface area contributed by atoms with Gasteiger partial charge in [0.2, 0.25) is 0 Å². The molecule has 0 saturated carbocycles. The van der Waals surface area contributed by atoms with Crippen LogP contribution in [0.3, 0.4) is 0 Å². The van der Waals surface area contributed by atoms with Gasteiger partial charge in [0.25, 0.3) is 0 Å². The van der Waals surface area contributed by atoms with E-state index in [1.807, 2.05) is 13.8 Å². The van der Waals surface area contributed by atoms with Crippen LogP contribution < -0.4 is 0 Å². The lowest BCUT2D eigenvalue weighted by atomic mass is 10.4. The Morgan fingerprint density at radius 1 is 1.04 bits per heavy atom. The van der Waals surface area contributed by atoms with Gasteiger partial charge in [-0.3, -0.25) is 4.57 Å². The second kappa shape index (κ2) is 17.9. The average molecular weight is 408 g/mol. The third kappa shape index (κ3) is 14.3. The zero-order valence-electron chi connectivity index (χ0n) is 16.6. The van der Waals surface area contributed by atoms with E-state index in [1.54, 1.807) is 0 Å². The second-order valence-corrected chi connectivity index (χ2v) is 7.64. The molecule has 158 valence electrons. The van der Waals surface area contributed by atoms with Crippen LogP contribution in [-0.2, 0) is 32.7 Å². The van der Waals surface area contributed by atoms with E-state index in [0.29, 0.717) is 0 Å². The fourth-order valence-corrected chi connectivity index (χ4v) is 3.21. The van der Waals surface area contributed by atoms with Gasteiger partial charge in [-0.15, -0.1) is 0 Å². The molecular weight excluding hydrogens is 375 g/mol. The van der Waals surface area contributed by atoms with Crippen LogP contribution in [0.2, 0.25) is 0 Å². The summed E-state index contributed by atoms with van der Waals surface area (Å²) >= 11 is 0. The van der Waals surface area contributed by atoms with Crippen molar-refractivity contribution in [2.75, 3.05) is 33.5 Å². The molecule has 0 spiro atoms. The molecule has 8 nitrogen and oxygen atoms in total. The number of aliphatic hydroxyl groups excluding tert-OH is 1.